The Bertz CT molecular complexity index is 800. The van der Waals surface area contributed by atoms with Gasteiger partial charge in [-0.2, -0.15) is 0 Å². The Kier molecular flexibility index (Phi) is 3.72. The van der Waals surface area contributed by atoms with Crippen molar-refractivity contribution in [1.82, 2.24) is 4.98 Å². The third kappa shape index (κ3) is 2.15. The van der Waals surface area contributed by atoms with Gasteiger partial charge in [-0.05, 0) is 25.0 Å². The maximum Gasteiger partial charge on any atom is 0.323 e. The van der Waals surface area contributed by atoms with Gasteiger partial charge < -0.3 is 14.5 Å². The molecule has 0 fully saturated rings. The van der Waals surface area contributed by atoms with E-state index >= 15 is 0 Å². The molecule has 5 heteroatoms. The number of carbonyl (C=O) groups excluding carboxylic acids is 2. The van der Waals surface area contributed by atoms with Crippen molar-refractivity contribution in [1.29, 1.82) is 0 Å². The summed E-state index contributed by atoms with van der Waals surface area (Å²) in [6.45, 7) is 1.91. The molecule has 0 bridgehead atoms. The van der Waals surface area contributed by atoms with Crippen molar-refractivity contribution in [2.45, 2.75) is 19.8 Å². The third-order valence-corrected chi connectivity index (χ3v) is 4.58. The Morgan fingerprint density at radius 3 is 2.39 bits per heavy atom. The molecule has 2 aromatic rings. The summed E-state index contributed by atoms with van der Waals surface area (Å²) in [5, 5.41) is 1.10. The van der Waals surface area contributed by atoms with Crippen LogP contribution in [0.25, 0.3) is 16.5 Å². The lowest BCUT2D eigenvalue weighted by Gasteiger charge is -2.33. The van der Waals surface area contributed by atoms with Crippen LogP contribution in [0.5, 0.6) is 0 Å². The topological polar surface area (TPSA) is 68.4 Å². The van der Waals surface area contributed by atoms with E-state index in [4.69, 9.17) is 9.47 Å². The third-order valence-electron chi connectivity index (χ3n) is 4.58. The molecule has 120 valence electrons. The number of aromatic amines is 1. The van der Waals surface area contributed by atoms with Gasteiger partial charge in [0.15, 0.2) is 5.41 Å². The SMILES string of the molecule is C/C=C1/CC(C(=O)OC)(C(=O)OC)Cc2[nH]c3ccccc3c21. The highest BCUT2D eigenvalue weighted by molar-refractivity contribution is 6.05. The van der Waals surface area contributed by atoms with E-state index in [2.05, 4.69) is 4.98 Å². The Balaban J connectivity index is 2.23. The van der Waals surface area contributed by atoms with Gasteiger partial charge in [0.1, 0.15) is 0 Å². The van der Waals surface area contributed by atoms with Crippen molar-refractivity contribution in [3.8, 4) is 0 Å². The first kappa shape index (κ1) is 15.3. The fraction of sp³-hybridized carbons (Fsp3) is 0.333. The van der Waals surface area contributed by atoms with E-state index in [0.717, 1.165) is 27.7 Å². The molecule has 3 rings (SSSR count). The Morgan fingerprint density at radius 2 is 1.78 bits per heavy atom. The lowest BCUT2D eigenvalue weighted by molar-refractivity contribution is -0.169. The first-order valence-corrected chi connectivity index (χ1v) is 7.49. The zero-order chi connectivity index (χ0) is 16.6. The lowest BCUT2D eigenvalue weighted by atomic mass is 9.71. The highest BCUT2D eigenvalue weighted by Gasteiger charge is 2.52. The van der Waals surface area contributed by atoms with Crippen molar-refractivity contribution < 1.29 is 19.1 Å². The molecular formula is C18H19NO4. The van der Waals surface area contributed by atoms with Gasteiger partial charge in [-0.1, -0.05) is 24.3 Å². The van der Waals surface area contributed by atoms with Crippen molar-refractivity contribution >= 4 is 28.4 Å². The number of rotatable bonds is 2. The number of ether oxygens (including phenoxy) is 2. The summed E-state index contributed by atoms with van der Waals surface area (Å²) in [7, 11) is 2.59. The number of fused-ring (bicyclic) bond motifs is 3. The number of allylic oxidation sites excluding steroid dienone is 2. The number of methoxy groups -OCH3 is 2. The van der Waals surface area contributed by atoms with Crippen LogP contribution in [0.2, 0.25) is 0 Å². The van der Waals surface area contributed by atoms with Crippen molar-refractivity contribution in [3.05, 3.63) is 41.6 Å². The van der Waals surface area contributed by atoms with E-state index in [1.54, 1.807) is 0 Å². The largest absolute Gasteiger partial charge is 0.468 e. The molecule has 0 saturated carbocycles. The molecule has 0 atom stereocenters. The summed E-state index contributed by atoms with van der Waals surface area (Å²) in [6.07, 6.45) is 2.46. The van der Waals surface area contributed by atoms with E-state index in [9.17, 15) is 9.59 Å². The van der Waals surface area contributed by atoms with Crippen LogP contribution in [-0.4, -0.2) is 31.1 Å². The fourth-order valence-corrected chi connectivity index (χ4v) is 3.48. The molecule has 0 unspecified atom stereocenters. The summed E-state index contributed by atoms with van der Waals surface area (Å²) in [6, 6.07) is 7.95. The Morgan fingerprint density at radius 1 is 1.13 bits per heavy atom. The second-order valence-electron chi connectivity index (χ2n) is 5.76. The van der Waals surface area contributed by atoms with Crippen LogP contribution in [0.15, 0.2) is 30.3 Å². The van der Waals surface area contributed by atoms with Crippen LogP contribution in [0.4, 0.5) is 0 Å². The molecule has 1 heterocycles. The zero-order valence-electron chi connectivity index (χ0n) is 13.4. The second-order valence-corrected chi connectivity index (χ2v) is 5.76. The van der Waals surface area contributed by atoms with Gasteiger partial charge in [-0.25, -0.2) is 0 Å². The number of carbonyl (C=O) groups is 2. The molecular weight excluding hydrogens is 294 g/mol. The van der Waals surface area contributed by atoms with Crippen LogP contribution in [0.1, 0.15) is 24.6 Å². The number of nitrogens with one attached hydrogen (secondary N) is 1. The van der Waals surface area contributed by atoms with E-state index in [1.165, 1.54) is 14.2 Å². The minimum atomic E-state index is -1.33. The summed E-state index contributed by atoms with van der Waals surface area (Å²) in [5.41, 5.74) is 2.54. The van der Waals surface area contributed by atoms with Gasteiger partial charge >= 0.3 is 11.9 Å². The summed E-state index contributed by atoms with van der Waals surface area (Å²) < 4.78 is 9.83. The highest BCUT2D eigenvalue weighted by atomic mass is 16.5. The quantitative estimate of drug-likeness (QED) is 0.684. The molecule has 23 heavy (non-hydrogen) atoms. The molecule has 1 N–H and O–H groups in total. The molecule has 5 nitrogen and oxygen atoms in total. The van der Waals surface area contributed by atoms with Crippen molar-refractivity contribution in [3.63, 3.8) is 0 Å². The van der Waals surface area contributed by atoms with Gasteiger partial charge in [0, 0.05) is 28.6 Å². The van der Waals surface area contributed by atoms with Gasteiger partial charge in [0.2, 0.25) is 0 Å². The standard InChI is InChI=1S/C18H19NO4/c1-4-11-9-18(16(20)22-2,17(21)23-3)10-14-15(11)12-7-5-6-8-13(12)19-14/h4-8,19H,9-10H2,1-3H3/b11-4-. The number of hydrogen-bond acceptors (Lipinski definition) is 4. The van der Waals surface area contributed by atoms with Crippen molar-refractivity contribution in [2.24, 2.45) is 5.41 Å². The molecule has 0 saturated heterocycles. The maximum absolute atomic E-state index is 12.4. The Labute approximate surface area is 134 Å². The lowest BCUT2D eigenvalue weighted by Crippen LogP contribution is -2.45. The molecule has 1 aliphatic rings. The van der Waals surface area contributed by atoms with Crippen LogP contribution in [0.3, 0.4) is 0 Å². The van der Waals surface area contributed by atoms with E-state index in [0.29, 0.717) is 0 Å². The van der Waals surface area contributed by atoms with Crippen molar-refractivity contribution in [2.75, 3.05) is 14.2 Å². The zero-order valence-corrected chi connectivity index (χ0v) is 13.4. The minimum Gasteiger partial charge on any atom is -0.468 e. The van der Waals surface area contributed by atoms with Crippen LogP contribution in [-0.2, 0) is 25.5 Å². The molecule has 1 aromatic heterocycles. The van der Waals surface area contributed by atoms with Crippen LogP contribution >= 0.6 is 0 Å². The molecule has 0 spiro atoms. The van der Waals surface area contributed by atoms with E-state index in [1.807, 2.05) is 37.3 Å². The molecule has 0 amide bonds. The number of benzene rings is 1. The van der Waals surface area contributed by atoms with Crippen LogP contribution < -0.4 is 0 Å². The first-order chi connectivity index (χ1) is 11.1. The summed E-state index contributed by atoms with van der Waals surface area (Å²) in [4.78, 5) is 28.2. The van der Waals surface area contributed by atoms with Gasteiger partial charge in [-0.15, -0.1) is 0 Å². The van der Waals surface area contributed by atoms with E-state index in [-0.39, 0.29) is 12.8 Å². The summed E-state index contributed by atoms with van der Waals surface area (Å²) >= 11 is 0. The highest BCUT2D eigenvalue weighted by Crippen LogP contribution is 2.46. The molecule has 0 radical (unpaired) electrons. The normalized spacial score (nSPS) is 17.8. The fourth-order valence-electron chi connectivity index (χ4n) is 3.48. The average Bonchev–Trinajstić information content (AvgIpc) is 2.97. The molecule has 1 aromatic carbocycles. The predicted molar refractivity (Wildman–Crippen MR) is 86.7 cm³/mol. The number of para-hydroxylation sites is 1. The monoisotopic (exact) mass is 313 g/mol. The van der Waals surface area contributed by atoms with Gasteiger partial charge in [0.05, 0.1) is 14.2 Å². The number of hydrogen-bond donors (Lipinski definition) is 1. The average molecular weight is 313 g/mol. The number of H-pyrrole nitrogens is 1. The maximum atomic E-state index is 12.4. The predicted octanol–water partition coefficient (Wildman–Crippen LogP) is 2.85. The number of esters is 2. The minimum absolute atomic E-state index is 0.244. The van der Waals surface area contributed by atoms with Crippen LogP contribution in [0, 0.1) is 5.41 Å². The molecule has 1 aliphatic carbocycles. The second kappa shape index (κ2) is 5.57. The first-order valence-electron chi connectivity index (χ1n) is 7.49. The Hall–Kier alpha value is -2.56. The molecule has 0 aliphatic heterocycles. The van der Waals surface area contributed by atoms with E-state index < -0.39 is 17.4 Å². The van der Waals surface area contributed by atoms with Gasteiger partial charge in [-0.3, -0.25) is 9.59 Å². The van der Waals surface area contributed by atoms with Gasteiger partial charge in [0.25, 0.3) is 0 Å². The summed E-state index contributed by atoms with van der Waals surface area (Å²) in [5.74, 6) is -1.12. The smallest absolute Gasteiger partial charge is 0.323 e. The number of aromatic nitrogens is 1.